The molecule has 0 aromatic carbocycles. The molecule has 3 unspecified atom stereocenters. The summed E-state index contributed by atoms with van der Waals surface area (Å²) in [5.74, 6) is 0.576. The summed E-state index contributed by atoms with van der Waals surface area (Å²) in [4.78, 5) is 2.47. The third-order valence-corrected chi connectivity index (χ3v) is 3.86. The van der Waals surface area contributed by atoms with E-state index < -0.39 is 0 Å². The lowest BCUT2D eigenvalue weighted by molar-refractivity contribution is -0.0553. The number of nitrogens with one attached hydrogen (secondary N) is 1. The molecule has 4 heteroatoms. The zero-order chi connectivity index (χ0) is 13.4. The van der Waals surface area contributed by atoms with Crippen molar-refractivity contribution in [2.24, 2.45) is 5.92 Å². The molecular weight excluding hydrogens is 228 g/mol. The molecule has 1 aliphatic rings. The first kappa shape index (κ1) is 15.9. The van der Waals surface area contributed by atoms with Crippen LogP contribution >= 0.6 is 0 Å². The first-order valence-corrected chi connectivity index (χ1v) is 7.29. The van der Waals surface area contributed by atoms with Crippen LogP contribution < -0.4 is 5.32 Å². The third kappa shape index (κ3) is 4.84. The van der Waals surface area contributed by atoms with Crippen LogP contribution in [0.3, 0.4) is 0 Å². The maximum Gasteiger partial charge on any atom is 0.0857 e. The third-order valence-electron chi connectivity index (χ3n) is 3.86. The van der Waals surface area contributed by atoms with Gasteiger partial charge in [-0.2, -0.15) is 0 Å². The molecule has 0 radical (unpaired) electrons. The number of ether oxygens (including phenoxy) is 2. The Morgan fingerprint density at radius 2 is 2.22 bits per heavy atom. The van der Waals surface area contributed by atoms with Crippen LogP contribution in [0, 0.1) is 5.92 Å². The molecular formula is C14H30N2O2. The summed E-state index contributed by atoms with van der Waals surface area (Å²) in [5, 5.41) is 3.60. The second kappa shape index (κ2) is 8.86. The highest BCUT2D eigenvalue weighted by atomic mass is 16.5. The molecule has 18 heavy (non-hydrogen) atoms. The van der Waals surface area contributed by atoms with Crippen molar-refractivity contribution >= 4 is 0 Å². The summed E-state index contributed by atoms with van der Waals surface area (Å²) in [6, 6.07) is 0.430. The van der Waals surface area contributed by atoms with E-state index in [4.69, 9.17) is 9.47 Å². The van der Waals surface area contributed by atoms with E-state index in [2.05, 4.69) is 31.0 Å². The number of hydrogen-bond donors (Lipinski definition) is 1. The SMILES string of the molecule is CCNC(C(C)CCOC)C1CN(CC)CCO1. The summed E-state index contributed by atoms with van der Waals surface area (Å²) in [6.07, 6.45) is 1.39. The van der Waals surface area contributed by atoms with Crippen molar-refractivity contribution in [1.29, 1.82) is 0 Å². The van der Waals surface area contributed by atoms with Crippen molar-refractivity contribution in [2.75, 3.05) is 46.5 Å². The van der Waals surface area contributed by atoms with Gasteiger partial charge in [0.15, 0.2) is 0 Å². The first-order valence-electron chi connectivity index (χ1n) is 7.29. The maximum atomic E-state index is 5.98. The van der Waals surface area contributed by atoms with Crippen molar-refractivity contribution < 1.29 is 9.47 Å². The van der Waals surface area contributed by atoms with Crippen LogP contribution in [0.1, 0.15) is 27.2 Å². The summed E-state index contributed by atoms with van der Waals surface area (Å²) in [5.41, 5.74) is 0. The second-order valence-electron chi connectivity index (χ2n) is 5.14. The van der Waals surface area contributed by atoms with E-state index >= 15 is 0 Å². The Balaban J connectivity index is 2.53. The lowest BCUT2D eigenvalue weighted by Crippen LogP contribution is -2.54. The number of methoxy groups -OCH3 is 1. The highest BCUT2D eigenvalue weighted by Crippen LogP contribution is 2.18. The van der Waals surface area contributed by atoms with E-state index in [1.54, 1.807) is 7.11 Å². The minimum Gasteiger partial charge on any atom is -0.385 e. The van der Waals surface area contributed by atoms with Crippen LogP contribution in [0.15, 0.2) is 0 Å². The van der Waals surface area contributed by atoms with Gasteiger partial charge in [0.2, 0.25) is 0 Å². The Hall–Kier alpha value is -0.160. The number of morpholine rings is 1. The van der Waals surface area contributed by atoms with E-state index in [9.17, 15) is 0 Å². The van der Waals surface area contributed by atoms with Crippen LogP contribution in [0.2, 0.25) is 0 Å². The molecule has 0 aromatic heterocycles. The average molecular weight is 258 g/mol. The summed E-state index contributed by atoms with van der Waals surface area (Å²) < 4.78 is 11.2. The molecule has 3 atom stereocenters. The van der Waals surface area contributed by atoms with Crippen molar-refractivity contribution in [3.05, 3.63) is 0 Å². The Bertz CT molecular complexity index is 214. The predicted octanol–water partition coefficient (Wildman–Crippen LogP) is 1.36. The Morgan fingerprint density at radius 1 is 1.44 bits per heavy atom. The molecule has 1 heterocycles. The van der Waals surface area contributed by atoms with Crippen molar-refractivity contribution in [1.82, 2.24) is 10.2 Å². The van der Waals surface area contributed by atoms with Gasteiger partial charge < -0.3 is 14.8 Å². The Morgan fingerprint density at radius 3 is 2.83 bits per heavy atom. The molecule has 1 rings (SSSR count). The van der Waals surface area contributed by atoms with Crippen LogP contribution in [0.25, 0.3) is 0 Å². The average Bonchev–Trinajstić information content (AvgIpc) is 2.42. The van der Waals surface area contributed by atoms with Crippen molar-refractivity contribution in [3.8, 4) is 0 Å². The van der Waals surface area contributed by atoms with Gasteiger partial charge in [0, 0.05) is 32.8 Å². The Labute approximate surface area is 112 Å². The standard InChI is InChI=1S/C14H30N2O2/c1-5-15-14(12(3)7-9-17-4)13-11-16(6-2)8-10-18-13/h12-15H,5-11H2,1-4H3. The molecule has 0 aromatic rings. The van der Waals surface area contributed by atoms with Gasteiger partial charge in [-0.05, 0) is 25.4 Å². The maximum absolute atomic E-state index is 5.98. The van der Waals surface area contributed by atoms with Gasteiger partial charge in [-0.25, -0.2) is 0 Å². The lowest BCUT2D eigenvalue weighted by Gasteiger charge is -2.39. The molecule has 1 saturated heterocycles. The van der Waals surface area contributed by atoms with Gasteiger partial charge in [0.25, 0.3) is 0 Å². The van der Waals surface area contributed by atoms with Gasteiger partial charge in [0.05, 0.1) is 12.7 Å². The minimum atomic E-state index is 0.311. The molecule has 0 saturated carbocycles. The smallest absolute Gasteiger partial charge is 0.0857 e. The molecule has 0 aliphatic carbocycles. The number of hydrogen-bond acceptors (Lipinski definition) is 4. The van der Waals surface area contributed by atoms with E-state index in [1.165, 1.54) is 0 Å². The van der Waals surface area contributed by atoms with Gasteiger partial charge in [-0.1, -0.05) is 20.8 Å². The van der Waals surface area contributed by atoms with Gasteiger partial charge in [0.1, 0.15) is 0 Å². The quantitative estimate of drug-likeness (QED) is 0.713. The van der Waals surface area contributed by atoms with Crippen molar-refractivity contribution in [2.45, 2.75) is 39.3 Å². The molecule has 1 N–H and O–H groups in total. The molecule has 1 fully saturated rings. The fourth-order valence-electron chi connectivity index (χ4n) is 2.65. The van der Waals surface area contributed by atoms with Gasteiger partial charge >= 0.3 is 0 Å². The largest absolute Gasteiger partial charge is 0.385 e. The van der Waals surface area contributed by atoms with Crippen LogP contribution in [-0.2, 0) is 9.47 Å². The molecule has 0 bridgehead atoms. The molecule has 0 amide bonds. The van der Waals surface area contributed by atoms with E-state index in [0.717, 1.165) is 45.8 Å². The Kier molecular flexibility index (Phi) is 7.82. The topological polar surface area (TPSA) is 33.7 Å². The van der Waals surface area contributed by atoms with E-state index in [0.29, 0.717) is 18.1 Å². The molecule has 0 spiro atoms. The summed E-state index contributed by atoms with van der Waals surface area (Å²) in [7, 11) is 1.77. The monoisotopic (exact) mass is 258 g/mol. The van der Waals surface area contributed by atoms with Gasteiger partial charge in [-0.15, -0.1) is 0 Å². The molecule has 1 aliphatic heterocycles. The van der Waals surface area contributed by atoms with Crippen LogP contribution in [-0.4, -0.2) is 63.5 Å². The van der Waals surface area contributed by atoms with Crippen LogP contribution in [0.5, 0.6) is 0 Å². The fraction of sp³-hybridized carbons (Fsp3) is 1.00. The number of likely N-dealkylation sites (N-methyl/N-ethyl adjacent to an activating group) is 2. The zero-order valence-corrected chi connectivity index (χ0v) is 12.4. The summed E-state index contributed by atoms with van der Waals surface area (Å²) >= 11 is 0. The fourth-order valence-corrected chi connectivity index (χ4v) is 2.65. The normalized spacial score (nSPS) is 25.0. The number of rotatable bonds is 8. The van der Waals surface area contributed by atoms with Crippen LogP contribution in [0.4, 0.5) is 0 Å². The van der Waals surface area contributed by atoms with E-state index in [-0.39, 0.29) is 0 Å². The molecule has 4 nitrogen and oxygen atoms in total. The molecule has 108 valence electrons. The minimum absolute atomic E-state index is 0.311. The zero-order valence-electron chi connectivity index (χ0n) is 12.4. The predicted molar refractivity (Wildman–Crippen MR) is 75.0 cm³/mol. The van der Waals surface area contributed by atoms with E-state index in [1.807, 2.05) is 0 Å². The highest BCUT2D eigenvalue weighted by molar-refractivity contribution is 4.86. The first-order chi connectivity index (χ1) is 8.72. The highest BCUT2D eigenvalue weighted by Gasteiger charge is 2.30. The lowest BCUT2D eigenvalue weighted by atomic mass is 9.92. The second-order valence-corrected chi connectivity index (χ2v) is 5.14. The van der Waals surface area contributed by atoms with Crippen molar-refractivity contribution in [3.63, 3.8) is 0 Å². The van der Waals surface area contributed by atoms with Gasteiger partial charge in [-0.3, -0.25) is 4.90 Å². The summed E-state index contributed by atoms with van der Waals surface area (Å²) in [6.45, 7) is 12.6. The number of nitrogens with zero attached hydrogens (tertiary/aromatic N) is 1.